The second kappa shape index (κ2) is 24.7. The van der Waals surface area contributed by atoms with E-state index in [1.807, 2.05) is 115 Å². The number of benzene rings is 5. The van der Waals surface area contributed by atoms with Crippen molar-refractivity contribution in [1.29, 1.82) is 0 Å². The highest BCUT2D eigenvalue weighted by Gasteiger charge is 2.35. The fraction of sp³-hybridized carbons (Fsp3) is 0.385. The minimum atomic E-state index is -0.348. The Morgan fingerprint density at radius 2 is 1.45 bits per heavy atom. The number of para-hydroxylation sites is 3. The summed E-state index contributed by atoms with van der Waals surface area (Å²) < 4.78 is 41.9. The van der Waals surface area contributed by atoms with Crippen molar-refractivity contribution in [2.24, 2.45) is 0 Å². The molecule has 2 aliphatic heterocycles. The first kappa shape index (κ1) is 45.9. The highest BCUT2D eigenvalue weighted by Crippen LogP contribution is 2.35. The van der Waals surface area contributed by atoms with Gasteiger partial charge in [0.1, 0.15) is 36.6 Å². The summed E-state index contributed by atoms with van der Waals surface area (Å²) in [5.74, 6) is 2.23. The van der Waals surface area contributed by atoms with Crippen LogP contribution in [0.5, 0.6) is 17.2 Å². The summed E-state index contributed by atoms with van der Waals surface area (Å²) in [6.07, 6.45) is 2.44. The van der Waals surface area contributed by atoms with Crippen molar-refractivity contribution < 1.29 is 42.7 Å². The van der Waals surface area contributed by atoms with Gasteiger partial charge in [0, 0.05) is 31.0 Å². The molecule has 5 aromatic carbocycles. The zero-order valence-electron chi connectivity index (χ0n) is 36.8. The number of esters is 1. The lowest BCUT2D eigenvalue weighted by Gasteiger charge is -2.40. The maximum atomic E-state index is 13.4. The second-order valence-electron chi connectivity index (χ2n) is 16.1. The summed E-state index contributed by atoms with van der Waals surface area (Å²) in [5, 5.41) is 3.23. The van der Waals surface area contributed by atoms with E-state index in [1.54, 1.807) is 12.0 Å². The molecule has 12 nitrogen and oxygen atoms in total. The van der Waals surface area contributed by atoms with Gasteiger partial charge < -0.3 is 48.3 Å². The Kier molecular flexibility index (Phi) is 17.7. The van der Waals surface area contributed by atoms with Crippen molar-refractivity contribution in [3.05, 3.63) is 156 Å². The molecule has 0 spiro atoms. The molecule has 5 aromatic rings. The van der Waals surface area contributed by atoms with E-state index < -0.39 is 0 Å². The molecular formula is C52H61N3O9. The van der Waals surface area contributed by atoms with Gasteiger partial charge in [0.15, 0.2) is 0 Å². The van der Waals surface area contributed by atoms with Crippen LogP contribution < -0.4 is 24.4 Å². The highest BCUT2D eigenvalue weighted by molar-refractivity contribution is 5.71. The van der Waals surface area contributed by atoms with Crippen molar-refractivity contribution in [3.63, 3.8) is 0 Å². The largest absolute Gasteiger partial charge is 0.496 e. The molecule has 338 valence electrons. The number of rotatable bonds is 23. The number of nitrogens with zero attached hydrogens (tertiary/aromatic N) is 2. The van der Waals surface area contributed by atoms with Gasteiger partial charge in [-0.2, -0.15) is 0 Å². The Morgan fingerprint density at radius 1 is 0.734 bits per heavy atom. The zero-order valence-corrected chi connectivity index (χ0v) is 36.8. The predicted molar refractivity (Wildman–Crippen MR) is 246 cm³/mol. The van der Waals surface area contributed by atoms with Crippen LogP contribution >= 0.6 is 0 Å². The average molecular weight is 872 g/mol. The number of methoxy groups -OCH3 is 1. The Hall–Kier alpha value is -6.08. The molecule has 3 atom stereocenters. The minimum Gasteiger partial charge on any atom is -0.496 e. The fourth-order valence-corrected chi connectivity index (χ4v) is 8.05. The Morgan fingerprint density at radius 3 is 2.23 bits per heavy atom. The molecule has 1 N–H and O–H groups in total. The van der Waals surface area contributed by atoms with Crippen molar-refractivity contribution in [3.8, 4) is 17.2 Å². The fourth-order valence-electron chi connectivity index (χ4n) is 8.05. The number of amides is 1. The minimum absolute atomic E-state index is 0.0469. The van der Waals surface area contributed by atoms with Gasteiger partial charge in [-0.1, -0.05) is 103 Å². The van der Waals surface area contributed by atoms with Crippen LogP contribution in [0, 0.1) is 0 Å². The maximum absolute atomic E-state index is 13.4. The molecule has 0 bridgehead atoms. The molecular weight excluding hydrogens is 811 g/mol. The number of carbonyl (C=O) groups excluding carboxylic acids is 2. The van der Waals surface area contributed by atoms with Crippen LogP contribution in [0.3, 0.4) is 0 Å². The third-order valence-corrected chi connectivity index (χ3v) is 11.4. The maximum Gasteiger partial charge on any atom is 0.410 e. The van der Waals surface area contributed by atoms with E-state index in [1.165, 1.54) is 0 Å². The SMILES string of the molecule is COc1ccccc1COCCCOc1ccc(C2CCN(C(=O)OCc3ccccc3)CC2OCC2CN(CCCCNCC(=O)OCc3ccccc3)c3ccccc3O2)cc1. The van der Waals surface area contributed by atoms with Crippen molar-refractivity contribution in [1.82, 2.24) is 10.2 Å². The Balaban J connectivity index is 0.907. The van der Waals surface area contributed by atoms with Crippen molar-refractivity contribution >= 4 is 17.7 Å². The molecule has 0 saturated carbocycles. The normalized spacial score (nSPS) is 16.9. The van der Waals surface area contributed by atoms with Crippen LogP contribution in [-0.4, -0.2) is 95.4 Å². The number of fused-ring (bicyclic) bond motifs is 1. The van der Waals surface area contributed by atoms with Gasteiger partial charge in [-0.25, -0.2) is 4.79 Å². The first-order valence-electron chi connectivity index (χ1n) is 22.4. The number of unbranched alkanes of at least 4 members (excludes halogenated alkanes) is 1. The molecule has 0 aliphatic carbocycles. The van der Waals surface area contributed by atoms with E-state index >= 15 is 0 Å². The van der Waals surface area contributed by atoms with Gasteiger partial charge in [0.25, 0.3) is 0 Å². The van der Waals surface area contributed by atoms with Crippen molar-refractivity contribution in [2.75, 3.05) is 71.1 Å². The number of nitrogens with one attached hydrogen (secondary N) is 1. The van der Waals surface area contributed by atoms with Gasteiger partial charge in [0.05, 0.1) is 65.0 Å². The van der Waals surface area contributed by atoms with Gasteiger partial charge in [-0.3, -0.25) is 4.79 Å². The van der Waals surface area contributed by atoms with Gasteiger partial charge in [-0.15, -0.1) is 0 Å². The van der Waals surface area contributed by atoms with Crippen molar-refractivity contribution in [2.45, 2.75) is 63.6 Å². The van der Waals surface area contributed by atoms with Crippen LogP contribution in [0.15, 0.2) is 133 Å². The lowest BCUT2D eigenvalue weighted by molar-refractivity contribution is -0.143. The molecule has 0 radical (unpaired) electrons. The molecule has 1 amide bonds. The summed E-state index contributed by atoms with van der Waals surface area (Å²) in [6, 6.07) is 43.6. The van der Waals surface area contributed by atoms with Crippen LogP contribution in [0.25, 0.3) is 0 Å². The van der Waals surface area contributed by atoms with Crippen LogP contribution in [-0.2, 0) is 43.6 Å². The monoisotopic (exact) mass is 871 g/mol. The lowest BCUT2D eigenvalue weighted by atomic mass is 9.87. The smallest absolute Gasteiger partial charge is 0.410 e. The molecule has 2 aliphatic rings. The number of carbonyl (C=O) groups is 2. The molecule has 64 heavy (non-hydrogen) atoms. The number of likely N-dealkylation sites (tertiary alicyclic amines) is 1. The third-order valence-electron chi connectivity index (χ3n) is 11.4. The predicted octanol–water partition coefficient (Wildman–Crippen LogP) is 8.57. The summed E-state index contributed by atoms with van der Waals surface area (Å²) in [7, 11) is 1.67. The third kappa shape index (κ3) is 14.0. The summed E-state index contributed by atoms with van der Waals surface area (Å²) in [6.45, 7) is 5.75. The second-order valence-corrected chi connectivity index (χ2v) is 16.1. The molecule has 7 rings (SSSR count). The standard InChI is InChI=1S/C52H61N3O9/c1-58-48-21-10-8-19-43(48)38-59-31-14-32-60-44-25-23-42(24-26-44)46-27-30-55(52(57)63-37-41-17-6-3-7-18-41)35-50(46)61-39-45-34-54(47-20-9-11-22-49(47)64-45)29-13-12-28-53-33-51(56)62-36-40-15-4-2-5-16-40/h2-11,15-26,45-46,50,53H,12-14,27-39H2,1H3. The number of hydrogen-bond acceptors (Lipinski definition) is 11. The van der Waals surface area contributed by atoms with E-state index in [9.17, 15) is 9.59 Å². The van der Waals surface area contributed by atoms with Crippen LogP contribution in [0.1, 0.15) is 53.9 Å². The first-order chi connectivity index (χ1) is 31.5. The van der Waals surface area contributed by atoms with E-state index in [0.717, 1.165) is 71.0 Å². The van der Waals surface area contributed by atoms with Crippen LogP contribution in [0.4, 0.5) is 10.5 Å². The van der Waals surface area contributed by atoms with E-state index in [0.29, 0.717) is 59.0 Å². The van der Waals surface area contributed by atoms with Gasteiger partial charge in [0.2, 0.25) is 0 Å². The molecule has 1 fully saturated rings. The topological polar surface area (TPSA) is 117 Å². The molecule has 2 heterocycles. The van der Waals surface area contributed by atoms with E-state index in [2.05, 4.69) is 28.4 Å². The van der Waals surface area contributed by atoms with Gasteiger partial charge in [-0.05, 0) is 72.8 Å². The van der Waals surface area contributed by atoms with E-state index in [-0.39, 0.29) is 49.9 Å². The number of anilines is 1. The summed E-state index contributed by atoms with van der Waals surface area (Å²) >= 11 is 0. The molecule has 3 unspecified atom stereocenters. The Labute approximate surface area is 377 Å². The van der Waals surface area contributed by atoms with E-state index in [4.69, 9.17) is 33.2 Å². The number of piperidine rings is 1. The number of hydrogen-bond donors (Lipinski definition) is 1. The quantitative estimate of drug-likeness (QED) is 0.0503. The average Bonchev–Trinajstić information content (AvgIpc) is 3.34. The molecule has 1 saturated heterocycles. The molecule has 0 aromatic heterocycles. The zero-order chi connectivity index (χ0) is 44.2. The summed E-state index contributed by atoms with van der Waals surface area (Å²) in [5.41, 5.74) is 5.12. The van der Waals surface area contributed by atoms with Gasteiger partial charge >= 0.3 is 12.1 Å². The Bertz CT molecular complexity index is 2160. The summed E-state index contributed by atoms with van der Waals surface area (Å²) in [4.78, 5) is 29.8. The number of ether oxygens (including phenoxy) is 7. The lowest BCUT2D eigenvalue weighted by Crippen LogP contribution is -2.49. The first-order valence-corrected chi connectivity index (χ1v) is 22.4. The highest BCUT2D eigenvalue weighted by atomic mass is 16.6. The van der Waals surface area contributed by atoms with Crippen LogP contribution in [0.2, 0.25) is 0 Å². The molecule has 12 heteroatoms.